The van der Waals surface area contributed by atoms with Gasteiger partial charge in [0.15, 0.2) is 11.3 Å². The first kappa shape index (κ1) is 35.5. The number of sulfonamides is 1. The fourth-order valence-electron chi connectivity index (χ4n) is 6.25. The minimum Gasteiger partial charge on any atom is -0.497 e. The first-order chi connectivity index (χ1) is 22.4. The molecule has 0 N–H and O–H groups in total. The number of methoxy groups -OCH3 is 2. The highest BCUT2D eigenvalue weighted by atomic mass is 35.5. The van der Waals surface area contributed by atoms with Gasteiger partial charge in [-0.1, -0.05) is 34.8 Å². The van der Waals surface area contributed by atoms with E-state index in [2.05, 4.69) is 4.74 Å². The van der Waals surface area contributed by atoms with Crippen molar-refractivity contribution >= 4 is 50.7 Å². The molecule has 1 fully saturated rings. The Morgan fingerprint density at radius 1 is 1.02 bits per heavy atom. The number of amides is 2. The second kappa shape index (κ2) is 12.6. The number of rotatable bonds is 8. The summed E-state index contributed by atoms with van der Waals surface area (Å²) in [4.78, 5) is 30.3. The average Bonchev–Trinajstić information content (AvgIpc) is 3.52. The van der Waals surface area contributed by atoms with Gasteiger partial charge < -0.3 is 19.1 Å². The van der Waals surface area contributed by atoms with E-state index in [-0.39, 0.29) is 43.4 Å². The van der Waals surface area contributed by atoms with E-state index in [0.29, 0.717) is 11.6 Å². The molecule has 2 aliphatic rings. The number of aryl methyl sites for hydroxylation is 1. The minimum atomic E-state index is -5.34. The number of hydrogen-bond acceptors (Lipinski definition) is 8. The van der Waals surface area contributed by atoms with E-state index in [0.717, 1.165) is 25.3 Å². The zero-order chi connectivity index (χ0) is 35.5. The van der Waals surface area contributed by atoms with Crippen LogP contribution >= 0.6 is 23.2 Å². The number of benzene rings is 3. The van der Waals surface area contributed by atoms with E-state index in [4.69, 9.17) is 32.7 Å². The molecule has 10 nitrogen and oxygen atoms in total. The maximum absolute atomic E-state index is 15.5. The second-order valence-corrected chi connectivity index (χ2v) is 13.9. The zero-order valence-corrected chi connectivity index (χ0v) is 28.4. The summed E-state index contributed by atoms with van der Waals surface area (Å²) in [7, 11) is -0.0137. The van der Waals surface area contributed by atoms with Crippen LogP contribution in [0.3, 0.4) is 0 Å². The Labute approximate surface area is 283 Å². The molecule has 0 saturated carbocycles. The van der Waals surface area contributed by atoms with E-state index < -0.39 is 68.8 Å². The summed E-state index contributed by atoms with van der Waals surface area (Å²) >= 11 is 13.3. The third-order valence-electron chi connectivity index (χ3n) is 8.19. The predicted molar refractivity (Wildman–Crippen MR) is 168 cm³/mol. The van der Waals surface area contributed by atoms with Crippen LogP contribution in [0, 0.1) is 6.92 Å². The Hall–Kier alpha value is -3.79. The molecule has 0 spiro atoms. The van der Waals surface area contributed by atoms with E-state index in [1.807, 2.05) is 0 Å². The van der Waals surface area contributed by atoms with E-state index in [9.17, 15) is 26.4 Å². The van der Waals surface area contributed by atoms with Crippen LogP contribution in [0.1, 0.15) is 23.1 Å². The topological polar surface area (TPSA) is 106 Å². The van der Waals surface area contributed by atoms with Crippen molar-refractivity contribution in [1.82, 2.24) is 9.80 Å². The van der Waals surface area contributed by atoms with Gasteiger partial charge in [0.2, 0.25) is 5.91 Å². The van der Waals surface area contributed by atoms with Crippen molar-refractivity contribution in [3.05, 3.63) is 75.3 Å². The van der Waals surface area contributed by atoms with Crippen molar-refractivity contribution in [3.8, 4) is 17.2 Å². The number of alkyl halides is 4. The lowest BCUT2D eigenvalue weighted by atomic mass is 9.80. The zero-order valence-electron chi connectivity index (χ0n) is 26.1. The SMILES string of the molecule is COc1ccc(S(=O)(=O)N2C(=O)C(c3cc(C)ccc3OC)(N3C[C@@H](F)C[C@@H]3C(=O)N(C)C)c3c2ccc(Cl)c3Cl)c(OC(F)(F)F)c1. The van der Waals surface area contributed by atoms with Crippen molar-refractivity contribution in [3.63, 3.8) is 0 Å². The van der Waals surface area contributed by atoms with Gasteiger partial charge in [0, 0.05) is 44.3 Å². The number of likely N-dealkylation sites (N-methyl/N-ethyl adjacent to an activating group) is 1. The molecular formula is C31H29Cl2F4N3O7S. The van der Waals surface area contributed by atoms with Gasteiger partial charge in [0.05, 0.1) is 36.0 Å². The van der Waals surface area contributed by atoms with E-state index >= 15 is 9.18 Å². The molecule has 17 heteroatoms. The van der Waals surface area contributed by atoms with Crippen LogP contribution in [0.5, 0.6) is 17.2 Å². The van der Waals surface area contributed by atoms with Crippen molar-refractivity contribution in [2.24, 2.45) is 0 Å². The Morgan fingerprint density at radius 2 is 1.71 bits per heavy atom. The van der Waals surface area contributed by atoms with E-state index in [1.165, 1.54) is 49.2 Å². The third kappa shape index (κ3) is 5.69. The molecule has 2 heterocycles. The number of anilines is 1. The highest BCUT2D eigenvalue weighted by Crippen LogP contribution is 2.58. The average molecular weight is 735 g/mol. The number of likely N-dealkylation sites (tertiary alicyclic amines) is 1. The molecule has 3 aromatic rings. The Kier molecular flexibility index (Phi) is 9.31. The number of halogens is 6. The van der Waals surface area contributed by atoms with Gasteiger partial charge in [0.25, 0.3) is 15.9 Å². The molecule has 3 aromatic carbocycles. The molecule has 1 saturated heterocycles. The molecular weight excluding hydrogens is 705 g/mol. The Bertz CT molecular complexity index is 1910. The number of carbonyl (C=O) groups is 2. The summed E-state index contributed by atoms with van der Waals surface area (Å²) in [6.45, 7) is 1.13. The van der Waals surface area contributed by atoms with Gasteiger partial charge >= 0.3 is 6.36 Å². The summed E-state index contributed by atoms with van der Waals surface area (Å²) in [6, 6.07) is 8.24. The highest BCUT2D eigenvalue weighted by Gasteiger charge is 2.65. The molecule has 0 aromatic heterocycles. The maximum atomic E-state index is 15.5. The largest absolute Gasteiger partial charge is 0.573 e. The summed E-state index contributed by atoms with van der Waals surface area (Å²) in [6.07, 6.45) is -7.38. The van der Waals surface area contributed by atoms with Crippen LogP contribution in [0.4, 0.5) is 23.2 Å². The number of carbonyl (C=O) groups excluding carboxylic acids is 2. The van der Waals surface area contributed by atoms with Gasteiger partial charge in [-0.15, -0.1) is 13.2 Å². The van der Waals surface area contributed by atoms with Gasteiger partial charge in [0.1, 0.15) is 22.6 Å². The first-order valence-corrected chi connectivity index (χ1v) is 16.4. The van der Waals surface area contributed by atoms with Crippen molar-refractivity contribution < 1.29 is 49.8 Å². The molecule has 1 unspecified atom stereocenters. The monoisotopic (exact) mass is 733 g/mol. The lowest BCUT2D eigenvalue weighted by molar-refractivity contribution is -0.275. The van der Waals surface area contributed by atoms with Crippen LogP contribution in [0.15, 0.2) is 53.4 Å². The van der Waals surface area contributed by atoms with Crippen LogP contribution in [-0.4, -0.2) is 83.5 Å². The first-order valence-electron chi connectivity index (χ1n) is 14.2. The molecule has 0 aliphatic carbocycles. The number of fused-ring (bicyclic) bond motifs is 1. The summed E-state index contributed by atoms with van der Waals surface area (Å²) in [5.41, 5.74) is -2.50. The van der Waals surface area contributed by atoms with Crippen LogP contribution < -0.4 is 18.5 Å². The lowest BCUT2D eigenvalue weighted by Gasteiger charge is -2.42. The van der Waals surface area contributed by atoms with Gasteiger partial charge in [-0.3, -0.25) is 14.5 Å². The summed E-state index contributed by atoms with van der Waals surface area (Å²) in [5, 5.41) is -0.445. The van der Waals surface area contributed by atoms with Crippen LogP contribution in [-0.2, 0) is 25.2 Å². The fraction of sp³-hybridized carbons (Fsp3) is 0.355. The second-order valence-electron chi connectivity index (χ2n) is 11.3. The normalized spacial score (nSPS) is 21.3. The van der Waals surface area contributed by atoms with Crippen LogP contribution in [0.25, 0.3) is 0 Å². The molecule has 0 radical (unpaired) electrons. The molecule has 3 atom stereocenters. The lowest BCUT2D eigenvalue weighted by Crippen LogP contribution is -2.59. The number of hydrogen-bond donors (Lipinski definition) is 0. The van der Waals surface area contributed by atoms with Crippen molar-refractivity contribution in [1.29, 1.82) is 0 Å². The quantitative estimate of drug-likeness (QED) is 0.272. The minimum absolute atomic E-state index is 0.00901. The summed E-state index contributed by atoms with van der Waals surface area (Å²) in [5.74, 6) is -3.23. The molecule has 48 heavy (non-hydrogen) atoms. The third-order valence-corrected chi connectivity index (χ3v) is 10.7. The molecule has 2 amide bonds. The van der Waals surface area contributed by atoms with Crippen molar-refractivity contribution in [2.45, 2.75) is 42.4 Å². The van der Waals surface area contributed by atoms with Gasteiger partial charge in [-0.05, 0) is 43.3 Å². The number of nitrogens with zero attached hydrogens (tertiary/aromatic N) is 3. The summed E-state index contributed by atoms with van der Waals surface area (Å²) < 4.78 is 100. The van der Waals surface area contributed by atoms with Gasteiger partial charge in [-0.25, -0.2) is 17.1 Å². The van der Waals surface area contributed by atoms with Gasteiger partial charge in [-0.2, -0.15) is 0 Å². The predicted octanol–water partition coefficient (Wildman–Crippen LogP) is 5.70. The fourth-order valence-corrected chi connectivity index (χ4v) is 8.26. The standard InChI is InChI=1S/C31H29Cl2F4N3O7S/c1-16-6-10-23(46-5)19(12-16)30(39-15-17(34)13-22(39)28(41)38(2)3)26-21(9-8-20(32)27(26)33)40(29(30)42)48(43,44)25-11-7-18(45-4)14-24(25)47-31(35,36)37/h6-12,14,17,22H,13,15H2,1-5H3/t17-,22+,30?/m0/s1. The Morgan fingerprint density at radius 3 is 2.31 bits per heavy atom. The molecule has 5 rings (SSSR count). The molecule has 0 bridgehead atoms. The van der Waals surface area contributed by atoms with Crippen LogP contribution in [0.2, 0.25) is 10.0 Å². The number of ether oxygens (including phenoxy) is 3. The molecule has 258 valence electrons. The highest BCUT2D eigenvalue weighted by molar-refractivity contribution is 7.93. The molecule has 2 aliphatic heterocycles. The van der Waals surface area contributed by atoms with Crippen molar-refractivity contribution in [2.75, 3.05) is 39.2 Å². The van der Waals surface area contributed by atoms with E-state index in [1.54, 1.807) is 13.0 Å². The maximum Gasteiger partial charge on any atom is 0.573 e. The smallest absolute Gasteiger partial charge is 0.497 e. The Balaban J connectivity index is 1.91.